The van der Waals surface area contributed by atoms with Crippen molar-refractivity contribution in [1.82, 2.24) is 16.0 Å². The molecule has 0 bridgehead atoms. The van der Waals surface area contributed by atoms with E-state index in [1.807, 2.05) is 12.5 Å². The van der Waals surface area contributed by atoms with E-state index in [0.717, 1.165) is 0 Å². The first-order valence-corrected chi connectivity index (χ1v) is 14.0. The van der Waals surface area contributed by atoms with Crippen LogP contribution >= 0.6 is 36.2 Å². The van der Waals surface area contributed by atoms with Crippen LogP contribution in [0.1, 0.15) is 25.7 Å². The maximum Gasteiger partial charge on any atom is 0.326 e. The van der Waals surface area contributed by atoms with Gasteiger partial charge in [0.25, 0.3) is 0 Å². The standard InChI is InChI=1S/C19H37N7O5S3/c1-33-8-5-13(17(29)26-14(18(30)31)6-9-34-2)25-16(28)12(4-3-7-23-19(21)22)24-15(27)11(20)10-32/h11-14,32H,3-10,20H2,1-2H3,(H,24,27)(H,25,28)(H,26,29)(H,30,31)(H4,21,22,23). The summed E-state index contributed by atoms with van der Waals surface area (Å²) < 4.78 is 0. The normalized spacial score (nSPS) is 14.2. The monoisotopic (exact) mass is 539 g/mol. The van der Waals surface area contributed by atoms with Gasteiger partial charge in [0, 0.05) is 12.3 Å². The number of carboxylic acid groups (broad SMARTS) is 1. The number of rotatable bonds is 18. The molecule has 0 saturated carbocycles. The summed E-state index contributed by atoms with van der Waals surface area (Å²) in [6.07, 6.45) is 4.78. The van der Waals surface area contributed by atoms with Gasteiger partial charge in [0.05, 0.1) is 6.04 Å². The molecule has 0 heterocycles. The first-order chi connectivity index (χ1) is 16.1. The third-order valence-electron chi connectivity index (χ3n) is 4.58. The smallest absolute Gasteiger partial charge is 0.326 e. The molecule has 0 aromatic rings. The molecule has 15 heteroatoms. The quantitative estimate of drug-likeness (QED) is 0.0429. The van der Waals surface area contributed by atoms with Gasteiger partial charge in [-0.05, 0) is 49.7 Å². The van der Waals surface area contributed by atoms with Gasteiger partial charge in [-0.2, -0.15) is 36.2 Å². The average Bonchev–Trinajstić information content (AvgIpc) is 2.79. The van der Waals surface area contributed by atoms with Crippen molar-refractivity contribution in [3.63, 3.8) is 0 Å². The van der Waals surface area contributed by atoms with Gasteiger partial charge in [-0.15, -0.1) is 0 Å². The van der Waals surface area contributed by atoms with Crippen molar-refractivity contribution in [1.29, 1.82) is 0 Å². The van der Waals surface area contributed by atoms with E-state index in [1.54, 1.807) is 0 Å². The van der Waals surface area contributed by atoms with Crippen LogP contribution < -0.4 is 33.2 Å². The Kier molecular flexibility index (Phi) is 17.5. The Bertz CT molecular complexity index is 695. The molecule has 4 unspecified atom stereocenters. The molecule has 0 fully saturated rings. The third-order valence-corrected chi connectivity index (χ3v) is 6.26. The molecule has 12 nitrogen and oxygen atoms in total. The first kappa shape index (κ1) is 32.2. The van der Waals surface area contributed by atoms with Crippen LogP contribution in [0.25, 0.3) is 0 Å². The Morgan fingerprint density at radius 2 is 1.35 bits per heavy atom. The van der Waals surface area contributed by atoms with E-state index in [-0.39, 0.29) is 37.5 Å². The minimum atomic E-state index is -1.15. The maximum absolute atomic E-state index is 13.0. The van der Waals surface area contributed by atoms with E-state index in [0.29, 0.717) is 17.9 Å². The zero-order chi connectivity index (χ0) is 26.1. The molecule has 0 rings (SSSR count). The van der Waals surface area contributed by atoms with Crippen molar-refractivity contribution < 1.29 is 24.3 Å². The number of nitrogens with one attached hydrogen (secondary N) is 3. The van der Waals surface area contributed by atoms with E-state index in [4.69, 9.17) is 17.2 Å². The first-order valence-electron chi connectivity index (χ1n) is 10.6. The number of thiol groups is 1. The van der Waals surface area contributed by atoms with E-state index >= 15 is 0 Å². The highest BCUT2D eigenvalue weighted by atomic mass is 32.2. The number of carbonyl (C=O) groups is 4. The van der Waals surface area contributed by atoms with Crippen LogP contribution in [0.4, 0.5) is 0 Å². The second-order valence-corrected chi connectivity index (χ2v) is 9.66. The fourth-order valence-corrected chi connectivity index (χ4v) is 3.78. The Morgan fingerprint density at radius 1 is 0.882 bits per heavy atom. The Labute approximate surface area is 214 Å². The van der Waals surface area contributed by atoms with Gasteiger partial charge in [0.1, 0.15) is 18.1 Å². The SMILES string of the molecule is CSCCC(NC(=O)C(CCSC)NC(=O)C(CCCN=C(N)N)NC(=O)C(N)CS)C(=O)O. The summed E-state index contributed by atoms with van der Waals surface area (Å²) in [5.74, 6) is -1.82. The topological polar surface area (TPSA) is 215 Å². The number of nitrogens with zero attached hydrogens (tertiary/aromatic N) is 1. The summed E-state index contributed by atoms with van der Waals surface area (Å²) in [5, 5.41) is 17.1. The maximum atomic E-state index is 13.0. The molecule has 0 spiro atoms. The van der Waals surface area contributed by atoms with Crippen molar-refractivity contribution in [2.75, 3.05) is 36.3 Å². The van der Waals surface area contributed by atoms with Crippen molar-refractivity contribution in [2.24, 2.45) is 22.2 Å². The van der Waals surface area contributed by atoms with Crippen LogP contribution in [0.15, 0.2) is 4.99 Å². The highest BCUT2D eigenvalue weighted by molar-refractivity contribution is 7.98. The largest absolute Gasteiger partial charge is 0.480 e. The number of aliphatic carboxylic acids is 1. The summed E-state index contributed by atoms with van der Waals surface area (Å²) in [6, 6.07) is -3.97. The number of carbonyl (C=O) groups excluding carboxylic acids is 3. The van der Waals surface area contributed by atoms with Crippen LogP contribution in [-0.4, -0.2) is 95.2 Å². The summed E-state index contributed by atoms with van der Waals surface area (Å²) in [5.41, 5.74) is 16.3. The van der Waals surface area contributed by atoms with Gasteiger partial charge < -0.3 is 38.3 Å². The number of hydrogen-bond acceptors (Lipinski definition) is 9. The molecular formula is C19H37N7O5S3. The molecule has 10 N–H and O–H groups in total. The number of thioether (sulfide) groups is 2. The van der Waals surface area contributed by atoms with Crippen molar-refractivity contribution >= 4 is 65.8 Å². The summed E-state index contributed by atoms with van der Waals surface area (Å²) in [4.78, 5) is 53.5. The molecule has 0 aliphatic rings. The molecule has 0 radical (unpaired) electrons. The second-order valence-electron chi connectivity index (χ2n) is 7.32. The molecule has 34 heavy (non-hydrogen) atoms. The molecule has 0 aromatic heterocycles. The van der Waals surface area contributed by atoms with Gasteiger partial charge in [-0.25, -0.2) is 4.79 Å². The van der Waals surface area contributed by atoms with E-state index in [9.17, 15) is 24.3 Å². The summed E-state index contributed by atoms with van der Waals surface area (Å²) in [7, 11) is 0. The average molecular weight is 540 g/mol. The molecule has 0 aliphatic heterocycles. The van der Waals surface area contributed by atoms with Crippen LogP contribution in [0.5, 0.6) is 0 Å². The lowest BCUT2D eigenvalue weighted by Gasteiger charge is -2.25. The molecule has 3 amide bonds. The summed E-state index contributed by atoms with van der Waals surface area (Å²) >= 11 is 6.93. The van der Waals surface area contributed by atoms with Gasteiger partial charge in [0.15, 0.2) is 5.96 Å². The number of aliphatic imine (C=N–C) groups is 1. The fraction of sp³-hybridized carbons (Fsp3) is 0.737. The van der Waals surface area contributed by atoms with Crippen molar-refractivity contribution in [3.05, 3.63) is 0 Å². The molecule has 4 atom stereocenters. The lowest BCUT2D eigenvalue weighted by molar-refractivity contribution is -0.142. The molecule has 196 valence electrons. The van der Waals surface area contributed by atoms with Gasteiger partial charge in [-0.1, -0.05) is 0 Å². The van der Waals surface area contributed by atoms with E-state index < -0.39 is 47.9 Å². The Balaban J connectivity index is 5.45. The van der Waals surface area contributed by atoms with Crippen LogP contribution in [0.3, 0.4) is 0 Å². The second kappa shape index (κ2) is 18.5. The van der Waals surface area contributed by atoms with Crippen molar-refractivity contribution in [3.8, 4) is 0 Å². The van der Waals surface area contributed by atoms with E-state index in [1.165, 1.54) is 23.5 Å². The number of guanidine groups is 1. The molecular weight excluding hydrogens is 502 g/mol. The zero-order valence-corrected chi connectivity index (χ0v) is 22.0. The predicted molar refractivity (Wildman–Crippen MR) is 141 cm³/mol. The predicted octanol–water partition coefficient (Wildman–Crippen LogP) is -1.66. The summed E-state index contributed by atoms with van der Waals surface area (Å²) in [6.45, 7) is 0.243. The Hall–Kier alpha value is -1.84. The van der Waals surface area contributed by atoms with Crippen LogP contribution in [0, 0.1) is 0 Å². The number of hydrogen-bond donors (Lipinski definition) is 8. The van der Waals surface area contributed by atoms with Gasteiger partial charge in [0.2, 0.25) is 17.7 Å². The number of nitrogens with two attached hydrogens (primary N) is 3. The minimum absolute atomic E-state index is 0.0829. The Morgan fingerprint density at radius 3 is 1.82 bits per heavy atom. The lowest BCUT2D eigenvalue weighted by Crippen LogP contribution is -2.57. The van der Waals surface area contributed by atoms with Crippen LogP contribution in [0.2, 0.25) is 0 Å². The minimum Gasteiger partial charge on any atom is -0.480 e. The van der Waals surface area contributed by atoms with Crippen molar-refractivity contribution in [2.45, 2.75) is 49.9 Å². The third kappa shape index (κ3) is 13.8. The lowest BCUT2D eigenvalue weighted by atomic mass is 10.1. The number of amides is 3. The fourth-order valence-electron chi connectivity index (χ4n) is 2.68. The highest BCUT2D eigenvalue weighted by Crippen LogP contribution is 2.07. The highest BCUT2D eigenvalue weighted by Gasteiger charge is 2.29. The zero-order valence-electron chi connectivity index (χ0n) is 19.5. The van der Waals surface area contributed by atoms with Gasteiger partial charge >= 0.3 is 5.97 Å². The molecule has 0 saturated heterocycles. The molecule has 0 aromatic carbocycles. The van der Waals surface area contributed by atoms with E-state index in [2.05, 4.69) is 33.6 Å². The molecule has 0 aliphatic carbocycles. The number of carboxylic acids is 1. The van der Waals surface area contributed by atoms with Gasteiger partial charge in [-0.3, -0.25) is 19.4 Å². The van der Waals surface area contributed by atoms with Crippen LogP contribution in [-0.2, 0) is 19.2 Å².